The van der Waals surface area contributed by atoms with Crippen LogP contribution >= 0.6 is 24.0 Å². The van der Waals surface area contributed by atoms with Crippen molar-refractivity contribution in [3.63, 3.8) is 0 Å². The molecule has 3 N–H and O–H groups in total. The monoisotopic (exact) mass is 342 g/mol. The van der Waals surface area contributed by atoms with Crippen molar-refractivity contribution in [3.8, 4) is 5.75 Å². The minimum absolute atomic E-state index is 0. The van der Waals surface area contributed by atoms with Gasteiger partial charge >= 0.3 is 0 Å². The first kappa shape index (κ1) is 19.5. The summed E-state index contributed by atoms with van der Waals surface area (Å²) in [7, 11) is -2.17. The highest BCUT2D eigenvalue weighted by Gasteiger charge is 2.22. The minimum atomic E-state index is -3.64. The number of nitrogens with one attached hydrogen (secondary N) is 1. The van der Waals surface area contributed by atoms with Crippen molar-refractivity contribution < 1.29 is 13.2 Å². The fraction of sp³-hybridized carbons (Fsp3) is 0.500. The molecule has 0 atom stereocenters. The van der Waals surface area contributed by atoms with Crippen molar-refractivity contribution in [2.24, 2.45) is 5.73 Å². The summed E-state index contributed by atoms with van der Waals surface area (Å²) in [5.74, 6) is 0.442. The van der Waals surface area contributed by atoms with Crippen LogP contribution in [0.4, 0.5) is 0 Å². The van der Waals surface area contributed by atoms with Crippen LogP contribution in [0.25, 0.3) is 0 Å². The molecule has 1 aromatic carbocycles. The van der Waals surface area contributed by atoms with Crippen LogP contribution in [0.5, 0.6) is 5.75 Å². The Bertz CT molecular complexity index is 569. The number of hydrogen-bond acceptors (Lipinski definition) is 4. The predicted molar refractivity (Wildman–Crippen MR) is 83.4 cm³/mol. The fourth-order valence-electron chi connectivity index (χ4n) is 1.44. The van der Waals surface area contributed by atoms with Gasteiger partial charge in [0, 0.05) is 12.1 Å². The molecule has 0 aliphatic heterocycles. The third-order valence-corrected chi connectivity index (χ3v) is 4.30. The molecular formula is C12H20Cl2N2O3S. The molecule has 0 fully saturated rings. The summed E-state index contributed by atoms with van der Waals surface area (Å²) >= 11 is 5.96. The highest BCUT2D eigenvalue weighted by atomic mass is 35.5. The number of ether oxygens (including phenoxy) is 1. The first-order chi connectivity index (χ1) is 8.57. The topological polar surface area (TPSA) is 81.4 Å². The van der Waals surface area contributed by atoms with E-state index in [0.717, 1.165) is 0 Å². The van der Waals surface area contributed by atoms with E-state index in [2.05, 4.69) is 4.72 Å². The van der Waals surface area contributed by atoms with Crippen LogP contribution in [0.3, 0.4) is 0 Å². The minimum Gasteiger partial charge on any atom is -0.495 e. The molecule has 0 saturated carbocycles. The van der Waals surface area contributed by atoms with Crippen molar-refractivity contribution in [2.75, 3.05) is 13.7 Å². The Morgan fingerprint density at radius 3 is 2.40 bits per heavy atom. The molecule has 5 nitrogen and oxygen atoms in total. The zero-order valence-electron chi connectivity index (χ0n) is 11.9. The summed E-state index contributed by atoms with van der Waals surface area (Å²) in [4.78, 5) is 0.127. The number of benzene rings is 1. The van der Waals surface area contributed by atoms with Gasteiger partial charge in [-0.2, -0.15) is 0 Å². The van der Waals surface area contributed by atoms with Gasteiger partial charge in [0.1, 0.15) is 5.75 Å². The van der Waals surface area contributed by atoms with Gasteiger partial charge in [0.05, 0.1) is 17.0 Å². The Hall–Kier alpha value is -0.530. The van der Waals surface area contributed by atoms with Crippen molar-refractivity contribution in [2.45, 2.75) is 31.2 Å². The molecule has 0 saturated heterocycles. The lowest BCUT2D eigenvalue weighted by Gasteiger charge is -2.19. The summed E-state index contributed by atoms with van der Waals surface area (Å²) in [6.45, 7) is 5.30. The lowest BCUT2D eigenvalue weighted by atomic mass is 10.1. The highest BCUT2D eigenvalue weighted by molar-refractivity contribution is 7.89. The van der Waals surface area contributed by atoms with Gasteiger partial charge in [-0.3, -0.25) is 0 Å². The second-order valence-electron chi connectivity index (χ2n) is 5.07. The van der Waals surface area contributed by atoms with Gasteiger partial charge in [-0.1, -0.05) is 11.6 Å². The van der Waals surface area contributed by atoms with Crippen LogP contribution in [0.2, 0.25) is 5.02 Å². The maximum absolute atomic E-state index is 12.2. The summed E-state index contributed by atoms with van der Waals surface area (Å²) in [6, 6.07) is 2.96. The first-order valence-corrected chi connectivity index (χ1v) is 7.55. The van der Waals surface area contributed by atoms with E-state index in [1.165, 1.54) is 13.2 Å². The molecule has 0 aromatic heterocycles. The van der Waals surface area contributed by atoms with Gasteiger partial charge in [0.15, 0.2) is 0 Å². The molecule has 0 bridgehead atoms. The molecule has 0 spiro atoms. The number of rotatable bonds is 5. The molecule has 1 rings (SSSR count). The maximum Gasteiger partial charge on any atom is 0.240 e. The third kappa shape index (κ3) is 5.10. The van der Waals surface area contributed by atoms with Crippen molar-refractivity contribution in [3.05, 3.63) is 22.7 Å². The van der Waals surface area contributed by atoms with Crippen molar-refractivity contribution in [1.82, 2.24) is 4.72 Å². The van der Waals surface area contributed by atoms with Gasteiger partial charge in [-0.25, -0.2) is 13.1 Å². The molecule has 0 radical (unpaired) electrons. The molecule has 0 heterocycles. The standard InChI is InChI=1S/C12H19ClN2O3S.ClH/c1-8-5-10(18-4)9(13)6-11(8)19(16,17)15-7-12(2,3)14;/h5-6,15H,7,14H2,1-4H3;1H. The molecule has 0 aliphatic rings. The number of nitrogens with two attached hydrogens (primary N) is 1. The molecule has 20 heavy (non-hydrogen) atoms. The number of methoxy groups -OCH3 is 1. The van der Waals surface area contributed by atoms with Crippen LogP contribution in [0, 0.1) is 6.92 Å². The molecule has 1 aromatic rings. The van der Waals surface area contributed by atoms with E-state index < -0.39 is 15.6 Å². The van der Waals surface area contributed by atoms with E-state index in [9.17, 15) is 8.42 Å². The van der Waals surface area contributed by atoms with E-state index in [1.807, 2.05) is 0 Å². The van der Waals surface area contributed by atoms with Crippen molar-refractivity contribution in [1.29, 1.82) is 0 Å². The lowest BCUT2D eigenvalue weighted by Crippen LogP contribution is -2.45. The quantitative estimate of drug-likeness (QED) is 0.858. The second-order valence-corrected chi connectivity index (χ2v) is 7.21. The van der Waals surface area contributed by atoms with E-state index in [-0.39, 0.29) is 28.9 Å². The van der Waals surface area contributed by atoms with Gasteiger partial charge in [0.2, 0.25) is 10.0 Å². The fourth-order valence-corrected chi connectivity index (χ4v) is 3.22. The molecular weight excluding hydrogens is 323 g/mol. The van der Waals surface area contributed by atoms with Crippen LogP contribution in [0.1, 0.15) is 19.4 Å². The van der Waals surface area contributed by atoms with Gasteiger partial charge in [0.25, 0.3) is 0 Å². The Labute approximate surface area is 131 Å². The molecule has 0 amide bonds. The van der Waals surface area contributed by atoms with E-state index in [1.54, 1.807) is 26.8 Å². The second kappa shape index (κ2) is 6.95. The lowest BCUT2D eigenvalue weighted by molar-refractivity contribution is 0.414. The number of halogens is 2. The molecule has 0 unspecified atom stereocenters. The largest absolute Gasteiger partial charge is 0.495 e. The van der Waals surface area contributed by atoms with E-state index in [0.29, 0.717) is 11.3 Å². The third-order valence-electron chi connectivity index (χ3n) is 2.46. The molecule has 0 aliphatic carbocycles. The average molecular weight is 343 g/mol. The average Bonchev–Trinajstić information content (AvgIpc) is 2.28. The summed E-state index contributed by atoms with van der Waals surface area (Å²) in [5, 5.41) is 0.250. The zero-order chi connectivity index (χ0) is 14.8. The van der Waals surface area contributed by atoms with Gasteiger partial charge in [-0.15, -0.1) is 12.4 Å². The summed E-state index contributed by atoms with van der Waals surface area (Å²) < 4.78 is 31.9. The van der Waals surface area contributed by atoms with Crippen LogP contribution in [0.15, 0.2) is 17.0 Å². The number of aryl methyl sites for hydroxylation is 1. The van der Waals surface area contributed by atoms with E-state index >= 15 is 0 Å². The predicted octanol–water partition coefficient (Wildman–Crippen LogP) is 2.09. The SMILES string of the molecule is COc1cc(C)c(S(=O)(=O)NCC(C)(C)N)cc1Cl.Cl. The van der Waals surface area contributed by atoms with Gasteiger partial charge < -0.3 is 10.5 Å². The normalized spacial score (nSPS) is 11.9. The Balaban J connectivity index is 0.00000361. The highest BCUT2D eigenvalue weighted by Crippen LogP contribution is 2.30. The number of sulfonamides is 1. The van der Waals surface area contributed by atoms with Crippen molar-refractivity contribution >= 4 is 34.0 Å². The van der Waals surface area contributed by atoms with Gasteiger partial charge in [-0.05, 0) is 38.5 Å². The van der Waals surface area contributed by atoms with Crippen LogP contribution in [-0.2, 0) is 10.0 Å². The Morgan fingerprint density at radius 2 is 1.95 bits per heavy atom. The Morgan fingerprint density at radius 1 is 1.40 bits per heavy atom. The van der Waals surface area contributed by atoms with Crippen LogP contribution < -0.4 is 15.2 Å². The summed E-state index contributed by atoms with van der Waals surface area (Å²) in [5.41, 5.74) is 5.69. The van der Waals surface area contributed by atoms with E-state index in [4.69, 9.17) is 22.1 Å². The molecule has 116 valence electrons. The number of hydrogen-bond donors (Lipinski definition) is 2. The first-order valence-electron chi connectivity index (χ1n) is 5.69. The zero-order valence-corrected chi connectivity index (χ0v) is 14.2. The Kier molecular flexibility index (Phi) is 6.77. The van der Waals surface area contributed by atoms with Crippen LogP contribution in [-0.4, -0.2) is 27.6 Å². The maximum atomic E-state index is 12.2. The smallest absolute Gasteiger partial charge is 0.240 e. The summed E-state index contributed by atoms with van der Waals surface area (Å²) in [6.07, 6.45) is 0. The molecule has 8 heteroatoms.